The molecule has 1 rings (SSSR count). The number of hydrogen-bond donors (Lipinski definition) is 4. The van der Waals surface area contributed by atoms with Crippen molar-refractivity contribution in [2.45, 2.75) is 32.4 Å². The van der Waals surface area contributed by atoms with E-state index in [2.05, 4.69) is 10.6 Å². The minimum Gasteiger partial charge on any atom is -0.481 e. The van der Waals surface area contributed by atoms with Crippen molar-refractivity contribution < 1.29 is 19.5 Å². The van der Waals surface area contributed by atoms with E-state index < -0.39 is 12.0 Å². The van der Waals surface area contributed by atoms with Crippen molar-refractivity contribution >= 4 is 23.5 Å². The van der Waals surface area contributed by atoms with Gasteiger partial charge in [0.2, 0.25) is 11.8 Å². The topological polar surface area (TPSA) is 122 Å². The average molecular weight is 293 g/mol. The maximum absolute atomic E-state index is 11.7. The predicted molar refractivity (Wildman–Crippen MR) is 77.4 cm³/mol. The van der Waals surface area contributed by atoms with Crippen LogP contribution in [0.4, 0.5) is 5.69 Å². The van der Waals surface area contributed by atoms with E-state index in [1.807, 2.05) is 0 Å². The molecule has 0 heterocycles. The first kappa shape index (κ1) is 16.6. The van der Waals surface area contributed by atoms with Gasteiger partial charge in [0.25, 0.3) is 0 Å². The molecule has 7 heteroatoms. The number of hydrogen-bond acceptors (Lipinski definition) is 4. The third-order valence-electron chi connectivity index (χ3n) is 2.75. The van der Waals surface area contributed by atoms with Crippen LogP contribution < -0.4 is 16.4 Å². The number of carbonyl (C=O) groups excluding carboxylic acids is 2. The van der Waals surface area contributed by atoms with Crippen molar-refractivity contribution in [3.63, 3.8) is 0 Å². The normalized spacial score (nSPS) is 11.5. The van der Waals surface area contributed by atoms with Gasteiger partial charge in [-0.2, -0.15) is 0 Å². The summed E-state index contributed by atoms with van der Waals surface area (Å²) in [5.74, 6) is -1.52. The molecular weight excluding hydrogens is 274 g/mol. The summed E-state index contributed by atoms with van der Waals surface area (Å²) in [6, 6.07) is 6.17. The predicted octanol–water partition coefficient (Wildman–Crippen LogP) is 0.453. The summed E-state index contributed by atoms with van der Waals surface area (Å²) >= 11 is 0. The van der Waals surface area contributed by atoms with Crippen LogP contribution in [0.25, 0.3) is 0 Å². The maximum Gasteiger partial charge on any atom is 0.303 e. The quantitative estimate of drug-likeness (QED) is 0.581. The van der Waals surface area contributed by atoms with E-state index in [1.165, 1.54) is 6.92 Å². The van der Waals surface area contributed by atoms with E-state index in [0.717, 1.165) is 5.56 Å². The molecule has 0 saturated heterocycles. The van der Waals surface area contributed by atoms with Gasteiger partial charge in [0.15, 0.2) is 0 Å². The van der Waals surface area contributed by atoms with Gasteiger partial charge in [0.1, 0.15) is 0 Å². The van der Waals surface area contributed by atoms with Crippen LogP contribution in [0, 0.1) is 0 Å². The zero-order chi connectivity index (χ0) is 15.8. The molecule has 0 bridgehead atoms. The zero-order valence-electron chi connectivity index (χ0n) is 11.8. The van der Waals surface area contributed by atoms with Gasteiger partial charge in [-0.1, -0.05) is 12.1 Å². The van der Waals surface area contributed by atoms with E-state index in [1.54, 1.807) is 24.3 Å². The highest BCUT2D eigenvalue weighted by atomic mass is 16.4. The Kier molecular flexibility index (Phi) is 6.35. The van der Waals surface area contributed by atoms with Crippen molar-refractivity contribution in [2.24, 2.45) is 5.73 Å². The van der Waals surface area contributed by atoms with Gasteiger partial charge in [0, 0.05) is 25.6 Å². The van der Waals surface area contributed by atoms with Crippen LogP contribution in [-0.4, -0.2) is 28.9 Å². The number of amides is 2. The van der Waals surface area contributed by atoms with E-state index in [-0.39, 0.29) is 24.7 Å². The van der Waals surface area contributed by atoms with Crippen molar-refractivity contribution in [3.8, 4) is 0 Å². The van der Waals surface area contributed by atoms with E-state index in [9.17, 15) is 14.4 Å². The fourth-order valence-corrected chi connectivity index (χ4v) is 1.64. The average Bonchev–Trinajstić information content (AvgIpc) is 2.43. The van der Waals surface area contributed by atoms with Crippen LogP contribution in [-0.2, 0) is 20.9 Å². The summed E-state index contributed by atoms with van der Waals surface area (Å²) in [5.41, 5.74) is 7.11. The smallest absolute Gasteiger partial charge is 0.303 e. The van der Waals surface area contributed by atoms with Crippen LogP contribution in [0.2, 0.25) is 0 Å². The van der Waals surface area contributed by atoms with Gasteiger partial charge >= 0.3 is 5.97 Å². The lowest BCUT2D eigenvalue weighted by Gasteiger charge is -2.11. The molecule has 0 radical (unpaired) electrons. The summed E-state index contributed by atoms with van der Waals surface area (Å²) in [5, 5.41) is 13.8. The molecule has 1 aromatic carbocycles. The van der Waals surface area contributed by atoms with E-state index >= 15 is 0 Å². The first-order chi connectivity index (χ1) is 9.88. The standard InChI is InChI=1S/C14H19N3O4/c1-9(18)17-11-4-2-10(3-5-11)8-16-14(21)12(15)6-7-13(19)20/h2-5,12H,6-8,15H2,1H3,(H,16,21)(H,17,18)(H,19,20). The Morgan fingerprint density at radius 3 is 2.38 bits per heavy atom. The fraction of sp³-hybridized carbons (Fsp3) is 0.357. The molecule has 0 fully saturated rings. The first-order valence-corrected chi connectivity index (χ1v) is 6.50. The molecule has 114 valence electrons. The Hall–Kier alpha value is -2.41. The number of benzene rings is 1. The number of nitrogens with one attached hydrogen (secondary N) is 2. The van der Waals surface area contributed by atoms with E-state index in [4.69, 9.17) is 10.8 Å². The first-order valence-electron chi connectivity index (χ1n) is 6.50. The minimum atomic E-state index is -0.980. The Labute approximate surface area is 122 Å². The van der Waals surface area contributed by atoms with Gasteiger partial charge in [-0.3, -0.25) is 14.4 Å². The summed E-state index contributed by atoms with van der Waals surface area (Å²) < 4.78 is 0. The van der Waals surface area contributed by atoms with Crippen LogP contribution in [0.1, 0.15) is 25.3 Å². The number of carboxylic acids is 1. The molecule has 1 aromatic rings. The van der Waals surface area contributed by atoms with Crippen LogP contribution in [0.5, 0.6) is 0 Å². The molecule has 1 atom stereocenters. The molecular formula is C14H19N3O4. The molecule has 0 spiro atoms. The third-order valence-corrected chi connectivity index (χ3v) is 2.75. The highest BCUT2D eigenvalue weighted by Gasteiger charge is 2.14. The number of nitrogens with two attached hydrogens (primary N) is 1. The van der Waals surface area contributed by atoms with Gasteiger partial charge in [-0.15, -0.1) is 0 Å². The molecule has 0 aromatic heterocycles. The van der Waals surface area contributed by atoms with E-state index in [0.29, 0.717) is 12.2 Å². The monoisotopic (exact) mass is 293 g/mol. The zero-order valence-corrected chi connectivity index (χ0v) is 11.8. The molecule has 5 N–H and O–H groups in total. The molecule has 0 aliphatic carbocycles. The van der Waals surface area contributed by atoms with Crippen molar-refractivity contribution in [1.29, 1.82) is 0 Å². The lowest BCUT2D eigenvalue weighted by molar-refractivity contribution is -0.137. The molecule has 21 heavy (non-hydrogen) atoms. The number of rotatable bonds is 7. The molecule has 0 saturated carbocycles. The SMILES string of the molecule is CC(=O)Nc1ccc(CNC(=O)C(N)CCC(=O)O)cc1. The number of carboxylic acid groups (broad SMARTS) is 1. The Balaban J connectivity index is 2.42. The van der Waals surface area contributed by atoms with Crippen LogP contribution in [0.3, 0.4) is 0 Å². The second-order valence-electron chi connectivity index (χ2n) is 4.63. The van der Waals surface area contributed by atoms with Gasteiger partial charge in [-0.25, -0.2) is 0 Å². The summed E-state index contributed by atoms with van der Waals surface area (Å²) in [6.07, 6.45) is -0.0391. The summed E-state index contributed by atoms with van der Waals surface area (Å²) in [4.78, 5) is 32.9. The van der Waals surface area contributed by atoms with Gasteiger partial charge in [0.05, 0.1) is 6.04 Å². The lowest BCUT2D eigenvalue weighted by Crippen LogP contribution is -2.40. The minimum absolute atomic E-state index is 0.0998. The number of aliphatic carboxylic acids is 1. The molecule has 7 nitrogen and oxygen atoms in total. The number of anilines is 1. The molecule has 0 aliphatic heterocycles. The Bertz CT molecular complexity index is 513. The second-order valence-corrected chi connectivity index (χ2v) is 4.63. The fourth-order valence-electron chi connectivity index (χ4n) is 1.64. The van der Waals surface area contributed by atoms with Crippen LogP contribution >= 0.6 is 0 Å². The Morgan fingerprint density at radius 1 is 1.24 bits per heavy atom. The number of carbonyl (C=O) groups is 3. The van der Waals surface area contributed by atoms with Crippen molar-refractivity contribution in [2.75, 3.05) is 5.32 Å². The maximum atomic E-state index is 11.7. The second kappa shape index (κ2) is 8.01. The summed E-state index contributed by atoms with van der Waals surface area (Å²) in [7, 11) is 0. The van der Waals surface area contributed by atoms with Gasteiger partial charge < -0.3 is 21.5 Å². The van der Waals surface area contributed by atoms with Crippen molar-refractivity contribution in [3.05, 3.63) is 29.8 Å². The van der Waals surface area contributed by atoms with Gasteiger partial charge in [-0.05, 0) is 24.1 Å². The van der Waals surface area contributed by atoms with Crippen LogP contribution in [0.15, 0.2) is 24.3 Å². The van der Waals surface area contributed by atoms with Crippen molar-refractivity contribution in [1.82, 2.24) is 5.32 Å². The summed E-state index contributed by atoms with van der Waals surface area (Å²) in [6.45, 7) is 1.71. The molecule has 2 amide bonds. The molecule has 1 unspecified atom stereocenters. The highest BCUT2D eigenvalue weighted by molar-refractivity contribution is 5.88. The molecule has 0 aliphatic rings. The lowest BCUT2D eigenvalue weighted by atomic mass is 10.1. The Morgan fingerprint density at radius 2 is 1.86 bits per heavy atom. The largest absolute Gasteiger partial charge is 0.481 e. The highest BCUT2D eigenvalue weighted by Crippen LogP contribution is 2.09. The third kappa shape index (κ3) is 6.53.